The Morgan fingerprint density at radius 3 is 2.10 bits per heavy atom. The van der Waals surface area contributed by atoms with Gasteiger partial charge in [0.2, 0.25) is 0 Å². The highest BCUT2D eigenvalue weighted by Crippen LogP contribution is 2.61. The SMILES string of the molecule is O=C(c1ccc([N+](=O)[O-])cc1)[C@@H]1[C@H](c2ccccc2Cl)C2(C(=O)c3ccccc3C2=O)[C@@H]2C=Cc3ccccc3N12. The van der Waals surface area contributed by atoms with Crippen LogP contribution in [-0.4, -0.2) is 34.4 Å². The van der Waals surface area contributed by atoms with Crippen molar-refractivity contribution in [3.8, 4) is 0 Å². The summed E-state index contributed by atoms with van der Waals surface area (Å²) in [4.78, 5) is 56.5. The summed E-state index contributed by atoms with van der Waals surface area (Å²) in [5.41, 5.74) is 1.14. The number of benzene rings is 4. The van der Waals surface area contributed by atoms with Gasteiger partial charge in [-0.05, 0) is 35.4 Å². The molecule has 1 fully saturated rings. The van der Waals surface area contributed by atoms with E-state index in [2.05, 4.69) is 0 Å². The first kappa shape index (κ1) is 25.1. The van der Waals surface area contributed by atoms with E-state index in [4.69, 9.17) is 11.6 Å². The number of nitrogens with zero attached hydrogens (tertiary/aromatic N) is 2. The molecule has 7 rings (SSSR count). The van der Waals surface area contributed by atoms with E-state index in [0.717, 1.165) is 5.56 Å². The maximum Gasteiger partial charge on any atom is 0.269 e. The lowest BCUT2D eigenvalue weighted by Crippen LogP contribution is -2.48. The van der Waals surface area contributed by atoms with Crippen LogP contribution in [0.15, 0.2) is 103 Å². The summed E-state index contributed by atoms with van der Waals surface area (Å²) in [5, 5.41) is 11.6. The highest BCUT2D eigenvalue weighted by molar-refractivity contribution is 6.34. The number of hydrogen-bond acceptors (Lipinski definition) is 6. The van der Waals surface area contributed by atoms with Crippen LogP contribution in [0, 0.1) is 15.5 Å². The van der Waals surface area contributed by atoms with Crippen molar-refractivity contribution in [1.82, 2.24) is 0 Å². The van der Waals surface area contributed by atoms with E-state index in [9.17, 15) is 24.5 Å². The zero-order valence-corrected chi connectivity index (χ0v) is 22.2. The maximum absolute atomic E-state index is 14.6. The lowest BCUT2D eigenvalue weighted by atomic mass is 9.64. The van der Waals surface area contributed by atoms with E-state index in [1.54, 1.807) is 48.5 Å². The number of carbonyl (C=O) groups excluding carboxylic acids is 3. The third-order valence-electron chi connectivity index (χ3n) is 8.58. The normalized spacial score (nSPS) is 21.5. The smallest absolute Gasteiger partial charge is 0.269 e. The van der Waals surface area contributed by atoms with Crippen molar-refractivity contribution in [1.29, 1.82) is 0 Å². The molecule has 1 spiro atoms. The predicted octanol–water partition coefficient (Wildman–Crippen LogP) is 6.56. The van der Waals surface area contributed by atoms with Gasteiger partial charge in [-0.25, -0.2) is 0 Å². The van der Waals surface area contributed by atoms with E-state index in [0.29, 0.717) is 27.4 Å². The Morgan fingerprint density at radius 2 is 1.44 bits per heavy atom. The number of rotatable bonds is 4. The molecule has 200 valence electrons. The monoisotopic (exact) mass is 560 g/mol. The zero-order chi connectivity index (χ0) is 28.5. The van der Waals surface area contributed by atoms with E-state index in [1.807, 2.05) is 41.3 Å². The van der Waals surface area contributed by atoms with Gasteiger partial charge < -0.3 is 4.90 Å². The number of carbonyl (C=O) groups is 3. The molecule has 1 saturated heterocycles. The molecule has 3 atom stereocenters. The van der Waals surface area contributed by atoms with Crippen LogP contribution in [0.2, 0.25) is 5.02 Å². The summed E-state index contributed by atoms with van der Waals surface area (Å²) in [5.74, 6) is -2.01. The van der Waals surface area contributed by atoms with E-state index in [-0.39, 0.29) is 28.6 Å². The summed E-state index contributed by atoms with van der Waals surface area (Å²) in [6.45, 7) is 0. The summed E-state index contributed by atoms with van der Waals surface area (Å²) in [7, 11) is 0. The van der Waals surface area contributed by atoms with Crippen LogP contribution < -0.4 is 4.90 Å². The second-order valence-corrected chi connectivity index (χ2v) is 10.9. The average Bonchev–Trinajstić information content (AvgIpc) is 3.43. The molecule has 41 heavy (non-hydrogen) atoms. The second kappa shape index (κ2) is 9.08. The minimum absolute atomic E-state index is 0.146. The van der Waals surface area contributed by atoms with Crippen LogP contribution in [0.1, 0.15) is 48.1 Å². The molecule has 2 heterocycles. The first-order valence-corrected chi connectivity index (χ1v) is 13.5. The third kappa shape index (κ3) is 3.36. The van der Waals surface area contributed by atoms with Gasteiger partial charge in [0.25, 0.3) is 5.69 Å². The van der Waals surface area contributed by atoms with Crippen LogP contribution in [0.4, 0.5) is 11.4 Å². The molecule has 3 aliphatic rings. The third-order valence-corrected chi connectivity index (χ3v) is 8.93. The molecule has 0 amide bonds. The van der Waals surface area contributed by atoms with Gasteiger partial charge in [-0.1, -0.05) is 84.4 Å². The molecule has 4 aromatic rings. The number of nitro groups is 1. The summed E-state index contributed by atoms with van der Waals surface area (Å²) in [6, 6.07) is 24.9. The average molecular weight is 561 g/mol. The number of nitro benzene ring substituents is 1. The maximum atomic E-state index is 14.6. The fourth-order valence-corrected chi connectivity index (χ4v) is 7.16. The minimum atomic E-state index is -1.67. The molecular formula is C33H21ClN2O5. The number of ketones is 3. The van der Waals surface area contributed by atoms with Crippen molar-refractivity contribution in [3.63, 3.8) is 0 Å². The predicted molar refractivity (Wildman–Crippen MR) is 155 cm³/mol. The standard InChI is InChI=1S/C33H21ClN2O5/c34-25-11-5-4-10-24(25)28-29(30(37)20-13-16-21(17-14-20)36(40)41)35-26-12-6-1-7-19(26)15-18-27(35)33(28)31(38)22-8-2-3-9-23(22)32(33)39/h1-18,27-29H/t27-,28-,29-/m0/s1. The number of fused-ring (bicyclic) bond motifs is 5. The molecular weight excluding hydrogens is 540 g/mol. The minimum Gasteiger partial charge on any atom is -0.352 e. The van der Waals surface area contributed by atoms with Crippen LogP contribution in [0.3, 0.4) is 0 Å². The lowest BCUT2D eigenvalue weighted by Gasteiger charge is -2.37. The van der Waals surface area contributed by atoms with Crippen molar-refractivity contribution >= 4 is 46.4 Å². The number of hydrogen-bond donors (Lipinski definition) is 0. The Bertz CT molecular complexity index is 1790. The second-order valence-electron chi connectivity index (χ2n) is 10.5. The molecule has 1 aliphatic carbocycles. The summed E-state index contributed by atoms with van der Waals surface area (Å²) in [6.07, 6.45) is 3.74. The van der Waals surface area contributed by atoms with Gasteiger partial charge in [0.05, 0.1) is 11.0 Å². The van der Waals surface area contributed by atoms with Crippen LogP contribution in [0.5, 0.6) is 0 Å². The Kier molecular flexibility index (Phi) is 5.56. The molecule has 0 radical (unpaired) electrons. The molecule has 0 unspecified atom stereocenters. The molecule has 0 aromatic heterocycles. The summed E-state index contributed by atoms with van der Waals surface area (Å²) >= 11 is 6.80. The summed E-state index contributed by atoms with van der Waals surface area (Å²) < 4.78 is 0. The highest BCUT2D eigenvalue weighted by Gasteiger charge is 2.71. The van der Waals surface area contributed by atoms with Gasteiger partial charge in [-0.3, -0.25) is 24.5 Å². The van der Waals surface area contributed by atoms with Crippen molar-refractivity contribution < 1.29 is 19.3 Å². The Hall–Kier alpha value is -4.88. The molecule has 4 aromatic carbocycles. The first-order chi connectivity index (χ1) is 19.9. The van der Waals surface area contributed by atoms with E-state index < -0.39 is 28.3 Å². The molecule has 0 N–H and O–H groups in total. The number of Topliss-reactive ketones (excluding diaryl/α,β-unsaturated/α-hetero) is 3. The molecule has 2 aliphatic heterocycles. The Labute approximate surface area is 239 Å². The van der Waals surface area contributed by atoms with Crippen LogP contribution >= 0.6 is 11.6 Å². The van der Waals surface area contributed by atoms with E-state index >= 15 is 0 Å². The molecule has 7 nitrogen and oxygen atoms in total. The van der Waals surface area contributed by atoms with Gasteiger partial charge in [0.15, 0.2) is 17.3 Å². The van der Waals surface area contributed by atoms with Gasteiger partial charge in [0.1, 0.15) is 11.5 Å². The fraction of sp³-hybridized carbons (Fsp3) is 0.121. The molecule has 0 bridgehead atoms. The van der Waals surface area contributed by atoms with Crippen LogP contribution in [0.25, 0.3) is 6.08 Å². The van der Waals surface area contributed by atoms with Gasteiger partial charge in [-0.2, -0.15) is 0 Å². The highest BCUT2D eigenvalue weighted by atomic mass is 35.5. The Balaban J connectivity index is 1.53. The molecule has 8 heteroatoms. The largest absolute Gasteiger partial charge is 0.352 e. The van der Waals surface area contributed by atoms with Gasteiger partial charge in [-0.15, -0.1) is 0 Å². The lowest BCUT2D eigenvalue weighted by molar-refractivity contribution is -0.384. The number of para-hydroxylation sites is 1. The van der Waals surface area contributed by atoms with Crippen molar-refractivity contribution in [2.24, 2.45) is 5.41 Å². The number of halogens is 1. The zero-order valence-electron chi connectivity index (χ0n) is 21.4. The quantitative estimate of drug-likeness (QED) is 0.121. The number of anilines is 1. The fourth-order valence-electron chi connectivity index (χ4n) is 6.91. The van der Waals surface area contributed by atoms with Crippen molar-refractivity contribution in [3.05, 3.63) is 146 Å². The van der Waals surface area contributed by atoms with Crippen molar-refractivity contribution in [2.45, 2.75) is 18.0 Å². The molecule has 0 saturated carbocycles. The van der Waals surface area contributed by atoms with E-state index in [1.165, 1.54) is 24.3 Å². The Morgan fingerprint density at radius 1 is 0.829 bits per heavy atom. The first-order valence-electron chi connectivity index (χ1n) is 13.1. The van der Waals surface area contributed by atoms with Crippen molar-refractivity contribution in [2.75, 3.05) is 4.90 Å². The van der Waals surface area contributed by atoms with Gasteiger partial charge >= 0.3 is 0 Å². The number of non-ortho nitro benzene ring substituents is 1. The topological polar surface area (TPSA) is 97.6 Å². The van der Waals surface area contributed by atoms with Gasteiger partial charge in [0, 0.05) is 45.5 Å². The van der Waals surface area contributed by atoms with Crippen LogP contribution in [-0.2, 0) is 0 Å².